The molecule has 1 radical (unpaired) electrons. The molecule has 0 fully saturated rings. The zero-order valence-electron chi connectivity index (χ0n) is 19.3. The molecule has 0 heterocycles. The van der Waals surface area contributed by atoms with Crippen LogP contribution in [0.5, 0.6) is 11.5 Å². The van der Waals surface area contributed by atoms with Gasteiger partial charge in [-0.15, -0.1) is 0 Å². The third-order valence-electron chi connectivity index (χ3n) is 4.84. The van der Waals surface area contributed by atoms with Gasteiger partial charge in [-0.2, -0.15) is 0 Å². The number of para-hydroxylation sites is 2. The van der Waals surface area contributed by atoms with Gasteiger partial charge in [0, 0.05) is 18.7 Å². The van der Waals surface area contributed by atoms with Crippen LogP contribution in [0.15, 0.2) is 54.6 Å². The topological polar surface area (TPSA) is 196 Å². The summed E-state index contributed by atoms with van der Waals surface area (Å²) in [5, 5.41) is 55.4. The second-order valence-corrected chi connectivity index (χ2v) is 7.38. The molecule has 2 atom stereocenters. The molecule has 36 heavy (non-hydrogen) atoms. The van der Waals surface area contributed by atoms with E-state index in [9.17, 15) is 29.4 Å². The number of benzene rings is 2. The Morgan fingerprint density at radius 1 is 0.722 bits per heavy atom. The van der Waals surface area contributed by atoms with E-state index in [1.807, 2.05) is 6.07 Å². The van der Waals surface area contributed by atoms with E-state index in [4.69, 9.17) is 20.4 Å². The predicted molar refractivity (Wildman–Crippen MR) is 122 cm³/mol. The molecule has 2 rings (SSSR count). The summed E-state index contributed by atoms with van der Waals surface area (Å²) in [6.45, 7) is -0.548. The van der Waals surface area contributed by atoms with Crippen molar-refractivity contribution in [1.29, 1.82) is 0 Å². The number of phenols is 2. The van der Waals surface area contributed by atoms with Gasteiger partial charge in [-0.05, 0) is 25.1 Å². The normalized spacial score (nSPS) is 12.0. The number of hydrogen-bond donors (Lipinski definition) is 6. The Kier molecular flexibility index (Phi) is 14.5. The summed E-state index contributed by atoms with van der Waals surface area (Å²) in [4.78, 5) is 47.3. The van der Waals surface area contributed by atoms with E-state index in [0.29, 0.717) is 5.75 Å². The minimum absolute atomic E-state index is 0. The zero-order chi connectivity index (χ0) is 26.5. The summed E-state index contributed by atoms with van der Waals surface area (Å²) in [6.07, 6.45) is 0. The second-order valence-electron chi connectivity index (χ2n) is 7.38. The average Bonchev–Trinajstić information content (AvgIpc) is 2.77. The number of carboxylic acids is 4. The molecule has 2 aromatic carbocycles. The van der Waals surface area contributed by atoms with Crippen LogP contribution in [0.2, 0.25) is 0 Å². The number of phenolic OH excluding ortho intramolecular Hbond substituents is 2. The first-order valence-corrected chi connectivity index (χ1v) is 10.3. The first-order chi connectivity index (χ1) is 16.4. The van der Waals surface area contributed by atoms with Crippen LogP contribution in [0, 0.1) is 0 Å². The van der Waals surface area contributed by atoms with E-state index in [2.05, 4.69) is 0 Å². The molecule has 0 aliphatic rings. The molecule has 0 aliphatic heterocycles. The van der Waals surface area contributed by atoms with Crippen molar-refractivity contribution in [2.75, 3.05) is 26.2 Å². The van der Waals surface area contributed by atoms with Crippen LogP contribution in [0.4, 0.5) is 0 Å². The molecular formula is C23H28MnN2O10+2. The minimum Gasteiger partial charge on any atom is -0.508 e. The largest absolute Gasteiger partial charge is 2.00 e. The van der Waals surface area contributed by atoms with E-state index >= 15 is 0 Å². The quantitative estimate of drug-likeness (QED) is 0.208. The maximum Gasteiger partial charge on any atom is 2.00 e. The van der Waals surface area contributed by atoms with Gasteiger partial charge >= 0.3 is 40.9 Å². The van der Waals surface area contributed by atoms with E-state index in [1.165, 1.54) is 31.2 Å². The third-order valence-corrected chi connectivity index (χ3v) is 4.84. The number of nitrogens with zero attached hydrogens (tertiary/aromatic N) is 2. The number of carboxylic acid groups (broad SMARTS) is 4. The Morgan fingerprint density at radius 3 is 1.61 bits per heavy atom. The fraction of sp³-hybridized carbons (Fsp3) is 0.304. The Hall–Kier alpha value is -3.64. The molecule has 2 aromatic rings. The maximum atomic E-state index is 11.8. The Balaban J connectivity index is 0.00000131. The summed E-state index contributed by atoms with van der Waals surface area (Å²) in [5.41, 5.74) is -0.0349. The summed E-state index contributed by atoms with van der Waals surface area (Å²) in [6, 6.07) is 11.5. The number of carbonyl (C=O) groups is 4. The zero-order valence-corrected chi connectivity index (χ0v) is 20.4. The minimum atomic E-state index is -1.52. The molecule has 12 nitrogen and oxygen atoms in total. The molecule has 0 amide bonds. The molecule has 0 aromatic heterocycles. The summed E-state index contributed by atoms with van der Waals surface area (Å²) in [5.74, 6) is -5.33. The van der Waals surface area contributed by atoms with Gasteiger partial charge in [-0.1, -0.05) is 36.4 Å². The van der Waals surface area contributed by atoms with Gasteiger partial charge in [0.1, 0.15) is 23.6 Å². The van der Waals surface area contributed by atoms with Crippen LogP contribution >= 0.6 is 0 Å². The van der Waals surface area contributed by atoms with Crippen molar-refractivity contribution in [2.24, 2.45) is 0 Å². The molecule has 195 valence electrons. The van der Waals surface area contributed by atoms with Crippen molar-refractivity contribution in [2.45, 2.75) is 19.0 Å². The SMILES string of the molecule is CC(C(=O)O)N(CCN(CC(=O)O)[C@H](C(=O)O)c1ccccc1O)CC(=O)O.Oc1ccccc1.[Mn+2]. The van der Waals surface area contributed by atoms with Crippen molar-refractivity contribution < 1.29 is 66.9 Å². The standard InChI is InChI=1S/C17H22N2O9.C6H6O.Mn/c1-10(16(25)26)18(8-13(21)22)6-7-19(9-14(23)24)15(17(27)28)11-4-2-3-5-12(11)20;7-6-4-2-1-3-5-6;/h2-5,10,15,20H,6-9H2,1H3,(H,21,22)(H,23,24)(H,25,26)(H,27,28);1-5,7H;/q;;+2/t10?,15-;;/m0../s1. The van der Waals surface area contributed by atoms with Gasteiger partial charge in [0.15, 0.2) is 0 Å². The van der Waals surface area contributed by atoms with E-state index in [0.717, 1.165) is 9.80 Å². The van der Waals surface area contributed by atoms with Crippen LogP contribution in [-0.2, 0) is 36.2 Å². The third kappa shape index (κ3) is 11.2. The Labute approximate surface area is 217 Å². The molecule has 6 N–H and O–H groups in total. The first-order valence-electron chi connectivity index (χ1n) is 10.3. The second kappa shape index (κ2) is 16.1. The number of aliphatic carboxylic acids is 4. The van der Waals surface area contributed by atoms with Gasteiger partial charge in [-0.25, -0.2) is 0 Å². The van der Waals surface area contributed by atoms with Crippen LogP contribution in [0.25, 0.3) is 0 Å². The molecule has 0 saturated carbocycles. The molecule has 1 unspecified atom stereocenters. The number of rotatable bonds is 12. The van der Waals surface area contributed by atoms with Crippen LogP contribution < -0.4 is 0 Å². The van der Waals surface area contributed by atoms with Crippen LogP contribution in [0.1, 0.15) is 18.5 Å². The summed E-state index contributed by atoms with van der Waals surface area (Å²) >= 11 is 0. The summed E-state index contributed by atoms with van der Waals surface area (Å²) < 4.78 is 0. The van der Waals surface area contributed by atoms with Crippen molar-refractivity contribution in [3.63, 3.8) is 0 Å². The van der Waals surface area contributed by atoms with Gasteiger partial charge in [0.25, 0.3) is 0 Å². The van der Waals surface area contributed by atoms with Gasteiger partial charge in [0.05, 0.1) is 13.1 Å². The molecule has 0 saturated heterocycles. The van der Waals surface area contributed by atoms with Gasteiger partial charge < -0.3 is 30.6 Å². The summed E-state index contributed by atoms with van der Waals surface area (Å²) in [7, 11) is 0. The average molecular weight is 547 g/mol. The molecular weight excluding hydrogens is 519 g/mol. The number of aromatic hydroxyl groups is 2. The first kappa shape index (κ1) is 32.4. The molecule has 13 heteroatoms. The van der Waals surface area contributed by atoms with Crippen molar-refractivity contribution >= 4 is 23.9 Å². The van der Waals surface area contributed by atoms with Crippen LogP contribution in [-0.4, -0.2) is 96.5 Å². The predicted octanol–water partition coefficient (Wildman–Crippen LogP) is 1.15. The molecule has 0 bridgehead atoms. The van der Waals surface area contributed by atoms with Crippen molar-refractivity contribution in [3.05, 3.63) is 60.2 Å². The fourth-order valence-corrected chi connectivity index (χ4v) is 3.10. The van der Waals surface area contributed by atoms with E-state index in [1.54, 1.807) is 24.3 Å². The Bertz CT molecular complexity index is 1010. The van der Waals surface area contributed by atoms with Crippen LogP contribution in [0.3, 0.4) is 0 Å². The van der Waals surface area contributed by atoms with Crippen molar-refractivity contribution in [3.8, 4) is 11.5 Å². The fourth-order valence-electron chi connectivity index (χ4n) is 3.10. The van der Waals surface area contributed by atoms with Gasteiger partial charge in [-0.3, -0.25) is 29.0 Å². The van der Waals surface area contributed by atoms with E-state index < -0.39 is 49.1 Å². The number of hydrogen-bond acceptors (Lipinski definition) is 8. The van der Waals surface area contributed by atoms with Crippen molar-refractivity contribution in [1.82, 2.24) is 9.80 Å². The van der Waals surface area contributed by atoms with E-state index in [-0.39, 0.29) is 41.5 Å². The molecule has 0 spiro atoms. The molecule has 0 aliphatic carbocycles. The maximum absolute atomic E-state index is 11.8. The Morgan fingerprint density at radius 2 is 1.19 bits per heavy atom. The van der Waals surface area contributed by atoms with Gasteiger partial charge in [0.2, 0.25) is 0 Å². The monoisotopic (exact) mass is 547 g/mol. The smallest absolute Gasteiger partial charge is 0.508 e.